The van der Waals surface area contributed by atoms with E-state index in [-0.39, 0.29) is 0 Å². The summed E-state index contributed by atoms with van der Waals surface area (Å²) in [5.41, 5.74) is 24.7. The Balaban J connectivity index is 1.06. The van der Waals surface area contributed by atoms with E-state index in [1.807, 2.05) is 24.3 Å². The molecule has 0 saturated heterocycles. The van der Waals surface area contributed by atoms with E-state index < -0.39 is 0 Å². The zero-order valence-corrected chi connectivity index (χ0v) is 39.5. The van der Waals surface area contributed by atoms with Crippen molar-refractivity contribution in [3.05, 3.63) is 115 Å². The maximum absolute atomic E-state index is 6.66. The molecule has 12 aromatic rings. The lowest BCUT2D eigenvalue weighted by atomic mass is 9.60. The van der Waals surface area contributed by atoms with Crippen LogP contribution in [0.3, 0.4) is 0 Å². The Morgan fingerprint density at radius 1 is 0.284 bits per heavy atom. The maximum Gasteiger partial charge on any atom is 0.164 e. The van der Waals surface area contributed by atoms with Crippen molar-refractivity contribution in [2.45, 2.75) is 0 Å². The highest BCUT2D eigenvalue weighted by Crippen LogP contribution is 2.42. The third-order valence-electron chi connectivity index (χ3n) is 15.3. The largest absolute Gasteiger partial charge is 0.456 e. The highest BCUT2D eigenvalue weighted by atomic mass is 16.3. The minimum atomic E-state index is 0.611. The molecule has 0 saturated carbocycles. The van der Waals surface area contributed by atoms with Crippen molar-refractivity contribution in [3.8, 4) is 56.4 Å². The third kappa shape index (κ3) is 6.21. The summed E-state index contributed by atoms with van der Waals surface area (Å²) in [6.07, 6.45) is 0. The van der Waals surface area contributed by atoms with Gasteiger partial charge in [-0.25, -0.2) is 15.0 Å². The number of benzene rings is 8. The van der Waals surface area contributed by atoms with Crippen LogP contribution < -0.4 is 54.6 Å². The van der Waals surface area contributed by atoms with Gasteiger partial charge < -0.3 is 13.3 Å². The van der Waals surface area contributed by atoms with Gasteiger partial charge >= 0.3 is 0 Å². The van der Waals surface area contributed by atoms with E-state index in [4.69, 9.17) is 28.2 Å². The maximum atomic E-state index is 6.66. The van der Waals surface area contributed by atoms with E-state index in [9.17, 15) is 0 Å². The van der Waals surface area contributed by atoms with Gasteiger partial charge in [0.2, 0.25) is 0 Å². The molecule has 0 fully saturated rings. The highest BCUT2D eigenvalue weighted by molar-refractivity contribution is 6.70. The average molecular weight is 850 g/mol. The van der Waals surface area contributed by atoms with Crippen molar-refractivity contribution in [2.24, 2.45) is 0 Å². The van der Waals surface area contributed by atoms with Crippen LogP contribution >= 0.6 is 0 Å². The molecular formula is C51H39B10N3O3. The Morgan fingerprint density at radius 3 is 1.28 bits per heavy atom. The van der Waals surface area contributed by atoms with Crippen molar-refractivity contribution in [2.75, 3.05) is 0 Å². The predicted octanol–water partition coefficient (Wildman–Crippen LogP) is -3.51. The Bertz CT molecular complexity index is 4000. The summed E-state index contributed by atoms with van der Waals surface area (Å²) in [6, 6.07) is 40.1. The van der Waals surface area contributed by atoms with Crippen LogP contribution in [0.2, 0.25) is 0 Å². The van der Waals surface area contributed by atoms with Crippen LogP contribution in [0.25, 0.3) is 122 Å². The van der Waals surface area contributed by atoms with Gasteiger partial charge in [-0.3, -0.25) is 0 Å². The van der Waals surface area contributed by atoms with E-state index in [1.165, 1.54) is 54.6 Å². The molecule has 0 amide bonds. The van der Waals surface area contributed by atoms with Crippen LogP contribution in [-0.4, -0.2) is 93.4 Å². The number of furan rings is 3. The molecule has 4 aromatic heterocycles. The number of para-hydroxylation sites is 1. The second kappa shape index (κ2) is 15.2. The summed E-state index contributed by atoms with van der Waals surface area (Å²) in [7, 11) is 22.0. The first-order valence-corrected chi connectivity index (χ1v) is 23.1. The van der Waals surface area contributed by atoms with Gasteiger partial charge in [-0.15, -0.1) is 32.8 Å². The predicted molar refractivity (Wildman–Crippen MR) is 311 cm³/mol. The number of hydrogen-bond acceptors (Lipinski definition) is 6. The summed E-state index contributed by atoms with van der Waals surface area (Å²) in [6.45, 7) is 0. The normalized spacial score (nSPS) is 11.9. The summed E-state index contributed by atoms with van der Waals surface area (Å²) in [5.74, 6) is 1.97. The fraction of sp³-hybridized carbons (Fsp3) is 0. The first-order chi connectivity index (χ1) is 32.4. The summed E-state index contributed by atoms with van der Waals surface area (Å²) >= 11 is 0. The monoisotopic (exact) mass is 851 g/mol. The second-order valence-corrected chi connectivity index (χ2v) is 18.6. The molecule has 12 rings (SSSR count). The molecule has 0 atom stereocenters. The van der Waals surface area contributed by atoms with Gasteiger partial charge in [0.25, 0.3) is 0 Å². The smallest absolute Gasteiger partial charge is 0.164 e. The molecule has 67 heavy (non-hydrogen) atoms. The van der Waals surface area contributed by atoms with Crippen LogP contribution in [0, 0.1) is 0 Å². The van der Waals surface area contributed by atoms with Crippen molar-refractivity contribution >= 4 is 199 Å². The van der Waals surface area contributed by atoms with E-state index in [0.717, 1.165) is 105 Å². The fourth-order valence-corrected chi connectivity index (χ4v) is 10.7. The molecular weight excluding hydrogens is 811 g/mol. The van der Waals surface area contributed by atoms with Gasteiger partial charge in [-0.1, -0.05) is 82.5 Å². The van der Waals surface area contributed by atoms with Crippen LogP contribution in [-0.2, 0) is 0 Å². The van der Waals surface area contributed by atoms with Crippen LogP contribution in [0.1, 0.15) is 0 Å². The molecule has 0 spiro atoms. The summed E-state index contributed by atoms with van der Waals surface area (Å²) < 4.78 is 19.5. The van der Waals surface area contributed by atoms with Crippen molar-refractivity contribution in [3.63, 3.8) is 0 Å². The number of fused-ring (bicyclic) bond motifs is 9. The number of nitrogens with zero attached hydrogens (tertiary/aromatic N) is 3. The summed E-state index contributed by atoms with van der Waals surface area (Å²) in [4.78, 5) is 16.2. The van der Waals surface area contributed by atoms with E-state index in [1.54, 1.807) is 0 Å². The topological polar surface area (TPSA) is 78.1 Å². The van der Waals surface area contributed by atoms with Gasteiger partial charge in [0, 0.05) is 49.0 Å². The van der Waals surface area contributed by atoms with Crippen LogP contribution in [0.5, 0.6) is 0 Å². The van der Waals surface area contributed by atoms with E-state index in [0.29, 0.717) is 17.5 Å². The Morgan fingerprint density at radius 2 is 0.687 bits per heavy atom. The third-order valence-corrected chi connectivity index (χ3v) is 15.3. The minimum Gasteiger partial charge on any atom is -0.456 e. The van der Waals surface area contributed by atoms with Crippen molar-refractivity contribution in [1.29, 1.82) is 0 Å². The van der Waals surface area contributed by atoms with Crippen molar-refractivity contribution < 1.29 is 13.3 Å². The number of hydrogen-bond donors (Lipinski definition) is 0. The van der Waals surface area contributed by atoms with Gasteiger partial charge in [0.15, 0.2) is 17.5 Å². The lowest BCUT2D eigenvalue weighted by Gasteiger charge is -2.22. The molecule has 16 heteroatoms. The molecule has 0 aliphatic carbocycles. The molecule has 0 radical (unpaired) electrons. The molecule has 0 unspecified atom stereocenters. The average Bonchev–Trinajstić information content (AvgIpc) is 4.04. The van der Waals surface area contributed by atoms with Gasteiger partial charge in [-0.05, 0) is 76.9 Å². The molecule has 4 heterocycles. The quantitative estimate of drug-likeness (QED) is 0.168. The fourth-order valence-electron chi connectivity index (χ4n) is 10.7. The molecule has 0 N–H and O–H groups in total. The Labute approximate surface area is 396 Å². The Hall–Kier alpha value is -7.18. The standard InChI is InChI=1S/C51H39B10N3O3/c52-39-37(40(53)44(57)47(60)43(39)56)50-62-49(63-51(64-50)38-41(54)45(58)48(61)46(59)42(38)55)26-7-4-10-33-36(26)28-18-22(13-16-31(28)66-33)23-6-3-9-32-35(23)27-17-20(12-15-30(27)65-32)21-11-14-25-24-5-1-2-8-29(24)67-34(25)19-21/h1-19H,52-61H2. The molecule has 0 aliphatic heterocycles. The van der Waals surface area contributed by atoms with Crippen molar-refractivity contribution in [1.82, 2.24) is 15.0 Å². The lowest BCUT2D eigenvalue weighted by Crippen LogP contribution is -2.55. The summed E-state index contributed by atoms with van der Waals surface area (Å²) in [5, 5.41) is 6.30. The van der Waals surface area contributed by atoms with E-state index >= 15 is 0 Å². The zero-order valence-electron chi connectivity index (χ0n) is 39.5. The molecule has 6 nitrogen and oxygen atoms in total. The SMILES string of the molecule is Bc1c(B)c(B)c(-c2nc(-c3c(B)c(B)c(B)c(B)c3B)nc(-c3cccc4oc5ccc(-c6cccc7oc8ccc(-c9ccc%10c(c9)oc9ccccc9%10)cc8c67)cc5c34)n2)c(B)c1B. The number of aromatic nitrogens is 3. The molecule has 0 aliphatic rings. The molecule has 306 valence electrons. The van der Waals surface area contributed by atoms with E-state index in [2.05, 4.69) is 169 Å². The van der Waals surface area contributed by atoms with Gasteiger partial charge in [0.05, 0.1) is 0 Å². The Kier molecular flexibility index (Phi) is 9.35. The van der Waals surface area contributed by atoms with Crippen LogP contribution in [0.4, 0.5) is 0 Å². The lowest BCUT2D eigenvalue weighted by molar-refractivity contribution is 0.668. The van der Waals surface area contributed by atoms with Gasteiger partial charge in [-0.2, -0.15) is 0 Å². The van der Waals surface area contributed by atoms with Crippen LogP contribution in [0.15, 0.2) is 129 Å². The zero-order chi connectivity index (χ0) is 46.2. The first kappa shape index (κ1) is 41.3. The van der Waals surface area contributed by atoms with Gasteiger partial charge in [0.1, 0.15) is 112 Å². The minimum absolute atomic E-state index is 0.611. The first-order valence-electron chi connectivity index (χ1n) is 23.1. The molecule has 8 aromatic carbocycles. The molecule has 0 bridgehead atoms. The second-order valence-electron chi connectivity index (χ2n) is 18.6. The highest BCUT2D eigenvalue weighted by Gasteiger charge is 2.24. The number of rotatable bonds is 5.